The van der Waals surface area contributed by atoms with Gasteiger partial charge in [-0.3, -0.25) is 30.3 Å². The largest absolute Gasteiger partial charge is 0.302 e. The quantitative estimate of drug-likeness (QED) is 0.447. The van der Waals surface area contributed by atoms with Crippen LogP contribution in [0.2, 0.25) is 0 Å². The van der Waals surface area contributed by atoms with Crippen molar-refractivity contribution < 1.29 is 14.8 Å². The molecule has 2 aliphatic carbocycles. The molecule has 0 spiro atoms. The van der Waals surface area contributed by atoms with Crippen molar-refractivity contribution in [3.8, 4) is 0 Å². The van der Waals surface area contributed by atoms with E-state index in [-0.39, 0.29) is 28.5 Å². The van der Waals surface area contributed by atoms with Gasteiger partial charge in [-0.05, 0) is 47.2 Å². The van der Waals surface area contributed by atoms with E-state index < -0.39 is 26.2 Å². The van der Waals surface area contributed by atoms with E-state index in [0.717, 1.165) is 17.2 Å². The SMILES string of the molecule is Cc1cccc(C(C)C)c1N=C1C2=Cc3cc([N+](=O)[O-])ccc3C2=C([N+](=O)[O-])C=C1[N+](=O)[O-]. The molecule has 0 bridgehead atoms. The Morgan fingerprint density at radius 1 is 0.909 bits per heavy atom. The Hall–Kier alpha value is -4.47. The second-order valence-electron chi connectivity index (χ2n) is 8.02. The molecule has 0 radical (unpaired) electrons. The van der Waals surface area contributed by atoms with Gasteiger partial charge in [0.15, 0.2) is 0 Å². The standard InChI is InChI=1S/C23H18N4O6/c1-12(2)16-6-4-5-13(3)22(16)24-23-18-10-14-9-15(25(28)29)7-8-17(14)21(18)19(26(30)31)11-20(23)27(32)33/h4-12H,1-3H3. The highest BCUT2D eigenvalue weighted by molar-refractivity contribution is 6.28. The molecule has 0 atom stereocenters. The summed E-state index contributed by atoms with van der Waals surface area (Å²) in [6, 6.07) is 9.56. The molecule has 0 aliphatic heterocycles. The highest BCUT2D eigenvalue weighted by atomic mass is 16.6. The van der Waals surface area contributed by atoms with Gasteiger partial charge in [0.1, 0.15) is 5.71 Å². The molecule has 0 heterocycles. The van der Waals surface area contributed by atoms with Gasteiger partial charge < -0.3 is 0 Å². The topological polar surface area (TPSA) is 142 Å². The van der Waals surface area contributed by atoms with Gasteiger partial charge >= 0.3 is 5.70 Å². The summed E-state index contributed by atoms with van der Waals surface area (Å²) >= 11 is 0. The normalized spacial score (nSPS) is 15.8. The van der Waals surface area contributed by atoms with E-state index >= 15 is 0 Å². The highest BCUT2D eigenvalue weighted by Gasteiger charge is 2.41. The van der Waals surface area contributed by atoms with Crippen LogP contribution in [0.5, 0.6) is 0 Å². The molecule has 2 aromatic rings. The van der Waals surface area contributed by atoms with E-state index in [4.69, 9.17) is 0 Å². The first kappa shape index (κ1) is 21.8. The highest BCUT2D eigenvalue weighted by Crippen LogP contribution is 2.45. The average molecular weight is 446 g/mol. The average Bonchev–Trinajstić information content (AvgIpc) is 3.13. The van der Waals surface area contributed by atoms with E-state index in [1.165, 1.54) is 24.3 Å². The Morgan fingerprint density at radius 3 is 2.24 bits per heavy atom. The van der Waals surface area contributed by atoms with E-state index in [0.29, 0.717) is 16.8 Å². The van der Waals surface area contributed by atoms with Gasteiger partial charge in [-0.1, -0.05) is 32.0 Å². The van der Waals surface area contributed by atoms with Gasteiger partial charge in [0.05, 0.1) is 32.1 Å². The Morgan fingerprint density at radius 2 is 1.64 bits per heavy atom. The van der Waals surface area contributed by atoms with Gasteiger partial charge in [0, 0.05) is 17.7 Å². The first-order valence-corrected chi connectivity index (χ1v) is 10.0. The van der Waals surface area contributed by atoms with Crippen molar-refractivity contribution in [1.82, 2.24) is 0 Å². The zero-order valence-corrected chi connectivity index (χ0v) is 17.9. The number of hydrogen-bond acceptors (Lipinski definition) is 7. The van der Waals surface area contributed by atoms with Crippen molar-refractivity contribution in [2.45, 2.75) is 26.7 Å². The van der Waals surface area contributed by atoms with E-state index in [1.807, 2.05) is 39.0 Å². The molecule has 4 rings (SSSR count). The lowest BCUT2D eigenvalue weighted by molar-refractivity contribution is -0.428. The van der Waals surface area contributed by atoms with Crippen LogP contribution in [0.3, 0.4) is 0 Å². The number of rotatable bonds is 5. The summed E-state index contributed by atoms with van der Waals surface area (Å²) in [4.78, 5) is 37.7. The van der Waals surface area contributed by atoms with Crippen LogP contribution in [-0.2, 0) is 0 Å². The number of nitrogens with zero attached hydrogens (tertiary/aromatic N) is 4. The fourth-order valence-electron chi connectivity index (χ4n) is 4.07. The number of allylic oxidation sites excluding steroid dienone is 3. The van der Waals surface area contributed by atoms with Crippen molar-refractivity contribution in [3.05, 3.63) is 112 Å². The molecule has 0 N–H and O–H groups in total. The number of hydrogen-bond donors (Lipinski definition) is 0. The number of fused-ring (bicyclic) bond motifs is 3. The lowest BCUT2D eigenvalue weighted by atomic mass is 9.90. The molecule has 0 aromatic heterocycles. The minimum atomic E-state index is -0.696. The molecule has 0 fully saturated rings. The second kappa shape index (κ2) is 7.90. The molecule has 2 aromatic carbocycles. The van der Waals surface area contributed by atoms with Crippen molar-refractivity contribution in [1.29, 1.82) is 0 Å². The fraction of sp³-hybridized carbons (Fsp3) is 0.174. The molecule has 0 amide bonds. The summed E-state index contributed by atoms with van der Waals surface area (Å²) in [5.74, 6) is 0.0811. The lowest BCUT2D eigenvalue weighted by Gasteiger charge is -2.16. The predicted octanol–water partition coefficient (Wildman–Crippen LogP) is 5.36. The number of para-hydroxylation sites is 1. The summed E-state index contributed by atoms with van der Waals surface area (Å²) in [6.07, 6.45) is 2.40. The van der Waals surface area contributed by atoms with Crippen LogP contribution >= 0.6 is 0 Å². The predicted molar refractivity (Wildman–Crippen MR) is 122 cm³/mol. The van der Waals surface area contributed by atoms with E-state index in [9.17, 15) is 30.3 Å². The first-order valence-electron chi connectivity index (χ1n) is 10.0. The molecule has 0 unspecified atom stereocenters. The van der Waals surface area contributed by atoms with E-state index in [2.05, 4.69) is 4.99 Å². The van der Waals surface area contributed by atoms with Crippen LogP contribution in [0.1, 0.15) is 42.0 Å². The molecule has 10 nitrogen and oxygen atoms in total. The van der Waals surface area contributed by atoms with E-state index in [1.54, 1.807) is 0 Å². The maximum atomic E-state index is 11.9. The summed E-state index contributed by atoms with van der Waals surface area (Å²) in [7, 11) is 0. The van der Waals surface area contributed by atoms with Crippen LogP contribution < -0.4 is 0 Å². The zero-order chi connectivity index (χ0) is 24.0. The third-order valence-electron chi connectivity index (χ3n) is 5.62. The zero-order valence-electron chi connectivity index (χ0n) is 17.9. The first-order chi connectivity index (χ1) is 15.6. The van der Waals surface area contributed by atoms with Gasteiger partial charge in [-0.15, -0.1) is 0 Å². The number of nitro groups is 3. The Kier molecular flexibility index (Phi) is 5.21. The molecule has 166 valence electrons. The van der Waals surface area contributed by atoms with Gasteiger partial charge in [-0.2, -0.15) is 0 Å². The monoisotopic (exact) mass is 446 g/mol. The maximum Gasteiger partial charge on any atom is 0.302 e. The number of nitro benzene ring substituents is 1. The summed E-state index contributed by atoms with van der Waals surface area (Å²) in [6.45, 7) is 5.79. The van der Waals surface area contributed by atoms with Crippen molar-refractivity contribution in [3.63, 3.8) is 0 Å². The molecule has 0 saturated carbocycles. The Bertz CT molecular complexity index is 1380. The smallest absolute Gasteiger partial charge is 0.258 e. The molecule has 2 aliphatic rings. The number of aliphatic imine (C=N–C) groups is 1. The number of benzene rings is 2. The van der Waals surface area contributed by atoms with Crippen LogP contribution in [0.15, 0.2) is 64.4 Å². The summed E-state index contributed by atoms with van der Waals surface area (Å²) in [5.41, 5.74) is 2.20. The third-order valence-corrected chi connectivity index (χ3v) is 5.62. The third kappa shape index (κ3) is 3.61. The minimum absolute atomic E-state index is 0.0179. The van der Waals surface area contributed by atoms with Gasteiger partial charge in [0.2, 0.25) is 0 Å². The minimum Gasteiger partial charge on any atom is -0.258 e. The molecule has 10 heteroatoms. The lowest BCUT2D eigenvalue weighted by Crippen LogP contribution is -2.20. The molecular weight excluding hydrogens is 428 g/mol. The Labute approximate surface area is 187 Å². The van der Waals surface area contributed by atoms with Crippen LogP contribution in [0.25, 0.3) is 11.6 Å². The maximum absolute atomic E-state index is 11.9. The van der Waals surface area contributed by atoms with Gasteiger partial charge in [-0.25, -0.2) is 4.99 Å². The number of non-ortho nitro benzene ring substituents is 1. The summed E-state index contributed by atoms with van der Waals surface area (Å²) < 4.78 is 0. The fourth-order valence-corrected chi connectivity index (χ4v) is 4.07. The Balaban J connectivity index is 2.04. The molecule has 0 saturated heterocycles. The molecule has 33 heavy (non-hydrogen) atoms. The van der Waals surface area contributed by atoms with Crippen molar-refractivity contribution in [2.75, 3.05) is 0 Å². The second-order valence-corrected chi connectivity index (χ2v) is 8.02. The number of aryl methyl sites for hydroxylation is 1. The van der Waals surface area contributed by atoms with Crippen LogP contribution in [0, 0.1) is 37.3 Å². The van der Waals surface area contributed by atoms with Gasteiger partial charge in [0.25, 0.3) is 11.4 Å². The van der Waals surface area contributed by atoms with Crippen LogP contribution in [-0.4, -0.2) is 20.5 Å². The van der Waals surface area contributed by atoms with Crippen molar-refractivity contribution >= 4 is 28.7 Å². The van der Waals surface area contributed by atoms with Crippen molar-refractivity contribution in [2.24, 2.45) is 4.99 Å². The summed E-state index contributed by atoms with van der Waals surface area (Å²) in [5, 5.41) is 35.0. The van der Waals surface area contributed by atoms with Crippen LogP contribution in [0.4, 0.5) is 11.4 Å². The molecular formula is C23H18N4O6.